The van der Waals surface area contributed by atoms with Gasteiger partial charge in [0, 0.05) is 23.1 Å². The van der Waals surface area contributed by atoms with Gasteiger partial charge in [-0.3, -0.25) is 19.4 Å². The lowest BCUT2D eigenvalue weighted by Crippen LogP contribution is -2.45. The summed E-state index contributed by atoms with van der Waals surface area (Å²) in [6.45, 7) is 2.95. The lowest BCUT2D eigenvalue weighted by Gasteiger charge is -2.29. The fourth-order valence-corrected chi connectivity index (χ4v) is 3.61. The van der Waals surface area contributed by atoms with E-state index in [4.69, 9.17) is 27.9 Å². The van der Waals surface area contributed by atoms with E-state index in [2.05, 4.69) is 0 Å². The zero-order chi connectivity index (χ0) is 16.4. The maximum Gasteiger partial charge on any atom is 0.294 e. The Morgan fingerprint density at radius 2 is 1.96 bits per heavy atom. The number of ether oxygens (including phenoxy) is 1. The van der Waals surface area contributed by atoms with Crippen LogP contribution >= 0.6 is 35.0 Å². The van der Waals surface area contributed by atoms with Crippen LogP contribution in [0, 0.1) is 0 Å². The van der Waals surface area contributed by atoms with E-state index in [0.717, 1.165) is 11.8 Å². The number of morpholine rings is 1. The van der Waals surface area contributed by atoms with Gasteiger partial charge >= 0.3 is 0 Å². The maximum atomic E-state index is 12.5. The van der Waals surface area contributed by atoms with Gasteiger partial charge in [0.1, 0.15) is 0 Å². The van der Waals surface area contributed by atoms with Crippen LogP contribution in [0.2, 0.25) is 10.0 Å². The molecule has 1 aromatic carbocycles. The second kappa shape index (κ2) is 7.23. The van der Waals surface area contributed by atoms with Gasteiger partial charge in [-0.2, -0.15) is 0 Å². The molecule has 0 saturated carbocycles. The third kappa shape index (κ3) is 3.89. The SMILES string of the molecule is O=C1SC(=Cc2ccc(Cl)cc2Cl)C(=O)N1CN1CCOCC1. The van der Waals surface area contributed by atoms with Gasteiger partial charge in [-0.15, -0.1) is 0 Å². The molecular weight excluding hydrogens is 359 g/mol. The lowest BCUT2D eigenvalue weighted by atomic mass is 10.2. The monoisotopic (exact) mass is 372 g/mol. The second-order valence-corrected chi connectivity index (χ2v) is 6.98. The molecule has 0 aliphatic carbocycles. The number of hydrogen-bond acceptors (Lipinski definition) is 5. The van der Waals surface area contributed by atoms with Gasteiger partial charge in [-0.1, -0.05) is 29.3 Å². The molecule has 2 fully saturated rings. The normalized spacial score (nSPS) is 21.5. The number of thioether (sulfide) groups is 1. The van der Waals surface area contributed by atoms with E-state index in [9.17, 15) is 9.59 Å². The third-order valence-electron chi connectivity index (χ3n) is 3.57. The first kappa shape index (κ1) is 16.8. The Balaban J connectivity index is 1.76. The maximum absolute atomic E-state index is 12.5. The molecule has 2 saturated heterocycles. The second-order valence-electron chi connectivity index (χ2n) is 5.15. The van der Waals surface area contributed by atoms with Crippen LogP contribution in [0.5, 0.6) is 0 Å². The smallest absolute Gasteiger partial charge is 0.294 e. The minimum atomic E-state index is -0.294. The van der Waals surface area contributed by atoms with E-state index >= 15 is 0 Å². The van der Waals surface area contributed by atoms with Gasteiger partial charge < -0.3 is 4.74 Å². The first-order valence-corrected chi connectivity index (χ1v) is 8.62. The third-order valence-corrected chi connectivity index (χ3v) is 5.04. The zero-order valence-electron chi connectivity index (χ0n) is 12.1. The van der Waals surface area contributed by atoms with Crippen LogP contribution in [-0.2, 0) is 9.53 Å². The highest BCUT2D eigenvalue weighted by Gasteiger charge is 2.36. The number of carbonyl (C=O) groups excluding carboxylic acids is 2. The van der Waals surface area contributed by atoms with Crippen LogP contribution in [-0.4, -0.2) is 53.9 Å². The van der Waals surface area contributed by atoms with Crippen molar-refractivity contribution >= 4 is 52.2 Å². The molecule has 2 heterocycles. The average Bonchev–Trinajstić information content (AvgIpc) is 2.79. The molecule has 0 unspecified atom stereocenters. The van der Waals surface area contributed by atoms with Gasteiger partial charge in [0.25, 0.3) is 11.1 Å². The number of nitrogens with zero attached hydrogens (tertiary/aromatic N) is 2. The fourth-order valence-electron chi connectivity index (χ4n) is 2.32. The highest BCUT2D eigenvalue weighted by molar-refractivity contribution is 8.18. The molecule has 0 aromatic heterocycles. The van der Waals surface area contributed by atoms with Crippen molar-refractivity contribution in [1.82, 2.24) is 9.80 Å². The Labute approximate surface area is 148 Å². The molecule has 0 bridgehead atoms. The van der Waals surface area contributed by atoms with Gasteiger partial charge in [-0.05, 0) is 35.5 Å². The fraction of sp³-hybridized carbons (Fsp3) is 0.333. The highest BCUT2D eigenvalue weighted by Crippen LogP contribution is 2.34. The van der Waals surface area contributed by atoms with Crippen molar-refractivity contribution in [1.29, 1.82) is 0 Å². The van der Waals surface area contributed by atoms with Crippen molar-refractivity contribution in [3.8, 4) is 0 Å². The summed E-state index contributed by atoms with van der Waals surface area (Å²) >= 11 is 12.9. The number of rotatable bonds is 3. The molecule has 0 spiro atoms. The minimum absolute atomic E-state index is 0.266. The van der Waals surface area contributed by atoms with Crippen LogP contribution in [0.1, 0.15) is 5.56 Å². The van der Waals surface area contributed by atoms with Crippen LogP contribution in [0.15, 0.2) is 23.1 Å². The Morgan fingerprint density at radius 1 is 1.22 bits per heavy atom. The molecule has 0 N–H and O–H groups in total. The van der Waals surface area contributed by atoms with E-state index in [1.807, 2.05) is 4.90 Å². The number of halogens is 2. The Bertz CT molecular complexity index is 675. The van der Waals surface area contributed by atoms with Crippen LogP contribution in [0.25, 0.3) is 6.08 Å². The molecule has 2 aliphatic rings. The van der Waals surface area contributed by atoms with Crippen molar-refractivity contribution in [3.63, 3.8) is 0 Å². The quantitative estimate of drug-likeness (QED) is 0.761. The molecule has 23 heavy (non-hydrogen) atoms. The predicted molar refractivity (Wildman–Crippen MR) is 91.5 cm³/mol. The minimum Gasteiger partial charge on any atom is -0.379 e. The number of benzene rings is 1. The van der Waals surface area contributed by atoms with Crippen molar-refractivity contribution in [2.24, 2.45) is 0 Å². The summed E-state index contributed by atoms with van der Waals surface area (Å²) in [6, 6.07) is 5.02. The predicted octanol–water partition coefficient (Wildman–Crippen LogP) is 3.32. The molecule has 5 nitrogen and oxygen atoms in total. The number of imide groups is 1. The van der Waals surface area contributed by atoms with Gasteiger partial charge in [0.15, 0.2) is 0 Å². The summed E-state index contributed by atoms with van der Waals surface area (Å²) < 4.78 is 5.27. The largest absolute Gasteiger partial charge is 0.379 e. The van der Waals surface area contributed by atoms with E-state index in [-0.39, 0.29) is 11.1 Å². The van der Waals surface area contributed by atoms with Gasteiger partial charge in [0.05, 0.1) is 24.8 Å². The van der Waals surface area contributed by atoms with Crippen molar-refractivity contribution in [2.75, 3.05) is 33.0 Å². The Kier molecular flexibility index (Phi) is 5.28. The molecular formula is C15H14Cl2N2O3S. The van der Waals surface area contributed by atoms with Crippen LogP contribution < -0.4 is 0 Å². The molecule has 0 atom stereocenters. The van der Waals surface area contributed by atoms with Crippen molar-refractivity contribution in [2.45, 2.75) is 0 Å². The molecule has 122 valence electrons. The summed E-state index contributed by atoms with van der Waals surface area (Å²) in [5.74, 6) is -0.294. The van der Waals surface area contributed by atoms with Crippen LogP contribution in [0.4, 0.5) is 4.79 Å². The van der Waals surface area contributed by atoms with Crippen LogP contribution in [0.3, 0.4) is 0 Å². The van der Waals surface area contributed by atoms with Crippen molar-refractivity contribution < 1.29 is 14.3 Å². The highest BCUT2D eigenvalue weighted by atomic mass is 35.5. The van der Waals surface area contributed by atoms with E-state index in [0.29, 0.717) is 53.5 Å². The topological polar surface area (TPSA) is 49.9 Å². The zero-order valence-corrected chi connectivity index (χ0v) is 14.5. The number of carbonyl (C=O) groups is 2. The van der Waals surface area contributed by atoms with Crippen molar-refractivity contribution in [3.05, 3.63) is 38.7 Å². The lowest BCUT2D eigenvalue weighted by molar-refractivity contribution is -0.125. The Hall–Kier alpha value is -1.05. The number of hydrogen-bond donors (Lipinski definition) is 0. The first-order chi connectivity index (χ1) is 11.0. The summed E-state index contributed by atoms with van der Waals surface area (Å²) in [4.78, 5) is 28.2. The first-order valence-electron chi connectivity index (χ1n) is 7.05. The molecule has 8 heteroatoms. The summed E-state index contributed by atoms with van der Waals surface area (Å²) in [6.07, 6.45) is 1.63. The molecule has 0 radical (unpaired) electrons. The summed E-state index contributed by atoms with van der Waals surface area (Å²) in [5, 5.41) is 0.697. The van der Waals surface area contributed by atoms with Gasteiger partial charge in [0.2, 0.25) is 0 Å². The van der Waals surface area contributed by atoms with E-state index in [1.54, 1.807) is 24.3 Å². The number of amides is 2. The molecule has 2 aliphatic heterocycles. The molecule has 2 amide bonds. The molecule has 3 rings (SSSR count). The summed E-state index contributed by atoms with van der Waals surface area (Å²) in [7, 11) is 0. The van der Waals surface area contributed by atoms with E-state index < -0.39 is 0 Å². The van der Waals surface area contributed by atoms with E-state index in [1.165, 1.54) is 4.90 Å². The average molecular weight is 373 g/mol. The van der Waals surface area contributed by atoms with Gasteiger partial charge in [-0.25, -0.2) is 0 Å². The summed E-state index contributed by atoms with van der Waals surface area (Å²) in [5.41, 5.74) is 0.660. The standard InChI is InChI=1S/C15H14Cl2N2O3S/c16-11-2-1-10(12(17)8-11)7-13-14(20)19(15(21)23-13)9-18-3-5-22-6-4-18/h1-2,7-8H,3-6,9H2. The Morgan fingerprint density at radius 3 is 2.65 bits per heavy atom. The molecule has 1 aromatic rings.